The minimum atomic E-state index is -0.776. The van der Waals surface area contributed by atoms with Gasteiger partial charge in [0.15, 0.2) is 0 Å². The maximum absolute atomic E-state index is 10.4. The quantitative estimate of drug-likeness (QED) is 0.758. The average molecular weight is 200 g/mol. The Morgan fingerprint density at radius 1 is 1.43 bits per heavy atom. The topological polar surface area (TPSA) is 46.5 Å². The number of carbonyl (C=O) groups is 1. The Morgan fingerprint density at radius 3 is 2.50 bits per heavy atom. The lowest BCUT2D eigenvalue weighted by molar-refractivity contribution is -0.141. The Hall–Kier alpha value is -0.570. The van der Waals surface area contributed by atoms with Crippen molar-refractivity contribution in [1.82, 2.24) is 0 Å². The maximum atomic E-state index is 10.4. The van der Waals surface area contributed by atoms with E-state index >= 15 is 0 Å². The predicted octanol–water partition coefficient (Wildman–Crippen LogP) is 2.44. The molecule has 1 rings (SSSR count). The van der Waals surface area contributed by atoms with Crippen LogP contribution in [0.3, 0.4) is 0 Å². The van der Waals surface area contributed by atoms with Gasteiger partial charge in [0.2, 0.25) is 0 Å². The number of rotatable bonds is 4. The molecule has 0 aromatic carbocycles. The first-order valence-electron chi connectivity index (χ1n) is 5.45. The molecule has 1 saturated carbocycles. The van der Waals surface area contributed by atoms with Crippen molar-refractivity contribution in [1.29, 1.82) is 0 Å². The normalized spacial score (nSPS) is 29.9. The number of aliphatic carboxylic acids is 1. The molecule has 0 radical (unpaired) electrons. The molecule has 1 atom stereocenters. The van der Waals surface area contributed by atoms with Gasteiger partial charge in [0, 0.05) is 0 Å². The van der Waals surface area contributed by atoms with Gasteiger partial charge in [-0.25, -0.2) is 0 Å². The third kappa shape index (κ3) is 4.09. The van der Waals surface area contributed by atoms with Crippen LogP contribution in [0.4, 0.5) is 0 Å². The molecule has 3 nitrogen and oxygen atoms in total. The summed E-state index contributed by atoms with van der Waals surface area (Å²) in [6.07, 6.45) is 4.86. The standard InChI is InChI=1S/C11H20O3/c1-8-3-5-10(6-4-8)14-9(2)7-11(12)13/h8-10H,3-7H2,1-2H3,(H,12,13)/t8?,9-,10?/m1/s1. The van der Waals surface area contributed by atoms with E-state index in [9.17, 15) is 4.79 Å². The number of hydrogen-bond donors (Lipinski definition) is 1. The van der Waals surface area contributed by atoms with Gasteiger partial charge in [-0.15, -0.1) is 0 Å². The highest BCUT2D eigenvalue weighted by Crippen LogP contribution is 2.26. The summed E-state index contributed by atoms with van der Waals surface area (Å²) in [5.74, 6) is 0.0336. The average Bonchev–Trinajstić information content (AvgIpc) is 2.07. The zero-order chi connectivity index (χ0) is 10.6. The highest BCUT2D eigenvalue weighted by molar-refractivity contribution is 5.67. The van der Waals surface area contributed by atoms with Crippen LogP contribution in [0, 0.1) is 5.92 Å². The molecule has 0 aromatic rings. The summed E-state index contributed by atoms with van der Waals surface area (Å²) in [6.45, 7) is 4.10. The molecule has 1 N–H and O–H groups in total. The van der Waals surface area contributed by atoms with Crippen LogP contribution in [0.1, 0.15) is 46.0 Å². The maximum Gasteiger partial charge on any atom is 0.305 e. The first kappa shape index (κ1) is 11.5. The smallest absolute Gasteiger partial charge is 0.305 e. The third-order valence-corrected chi connectivity index (χ3v) is 2.85. The second-order valence-corrected chi connectivity index (χ2v) is 4.43. The number of ether oxygens (including phenoxy) is 1. The molecule has 0 bridgehead atoms. The Kier molecular flexibility index (Phi) is 4.39. The van der Waals surface area contributed by atoms with Crippen LogP contribution in [0.2, 0.25) is 0 Å². The van der Waals surface area contributed by atoms with Crippen LogP contribution in [-0.4, -0.2) is 23.3 Å². The van der Waals surface area contributed by atoms with Gasteiger partial charge in [-0.05, 0) is 38.5 Å². The van der Waals surface area contributed by atoms with Crippen LogP contribution in [0.25, 0.3) is 0 Å². The van der Waals surface area contributed by atoms with Crippen molar-refractivity contribution in [3.05, 3.63) is 0 Å². The van der Waals surface area contributed by atoms with Crippen molar-refractivity contribution in [3.63, 3.8) is 0 Å². The Morgan fingerprint density at radius 2 is 2.00 bits per heavy atom. The molecule has 0 saturated heterocycles. The predicted molar refractivity (Wildman–Crippen MR) is 54.2 cm³/mol. The summed E-state index contributed by atoms with van der Waals surface area (Å²) in [5.41, 5.74) is 0. The fourth-order valence-corrected chi connectivity index (χ4v) is 1.99. The van der Waals surface area contributed by atoms with Crippen LogP contribution in [0.15, 0.2) is 0 Å². The molecule has 82 valence electrons. The van der Waals surface area contributed by atoms with Crippen molar-refractivity contribution in [2.45, 2.75) is 58.2 Å². The molecule has 0 heterocycles. The van der Waals surface area contributed by atoms with E-state index in [-0.39, 0.29) is 12.5 Å². The van der Waals surface area contributed by atoms with Gasteiger partial charge >= 0.3 is 5.97 Å². The van der Waals surface area contributed by atoms with Crippen molar-refractivity contribution >= 4 is 5.97 Å². The second-order valence-electron chi connectivity index (χ2n) is 4.43. The van der Waals surface area contributed by atoms with Gasteiger partial charge in [0.1, 0.15) is 0 Å². The van der Waals surface area contributed by atoms with Crippen molar-refractivity contribution in [2.24, 2.45) is 5.92 Å². The second kappa shape index (κ2) is 5.35. The first-order valence-corrected chi connectivity index (χ1v) is 5.45. The van der Waals surface area contributed by atoms with Gasteiger partial charge in [0.05, 0.1) is 18.6 Å². The lowest BCUT2D eigenvalue weighted by atomic mass is 9.89. The molecule has 1 fully saturated rings. The molecule has 0 unspecified atom stereocenters. The molecular weight excluding hydrogens is 180 g/mol. The first-order chi connectivity index (χ1) is 6.58. The minimum absolute atomic E-state index is 0.117. The molecule has 0 aliphatic heterocycles. The molecule has 1 aliphatic carbocycles. The lowest BCUT2D eigenvalue weighted by Crippen LogP contribution is -2.26. The van der Waals surface area contributed by atoms with Gasteiger partial charge in [-0.3, -0.25) is 4.79 Å². The fraction of sp³-hybridized carbons (Fsp3) is 0.909. The Bertz CT molecular complexity index is 183. The monoisotopic (exact) mass is 200 g/mol. The van der Waals surface area contributed by atoms with E-state index < -0.39 is 5.97 Å². The Labute approximate surface area is 85.5 Å². The van der Waals surface area contributed by atoms with E-state index in [1.165, 1.54) is 12.8 Å². The summed E-state index contributed by atoms with van der Waals surface area (Å²) in [5, 5.41) is 8.58. The minimum Gasteiger partial charge on any atom is -0.481 e. The van der Waals surface area contributed by atoms with Crippen LogP contribution in [0.5, 0.6) is 0 Å². The van der Waals surface area contributed by atoms with E-state index in [2.05, 4.69) is 6.92 Å². The highest BCUT2D eigenvalue weighted by Gasteiger charge is 2.21. The molecule has 14 heavy (non-hydrogen) atoms. The van der Waals surface area contributed by atoms with E-state index in [4.69, 9.17) is 9.84 Å². The summed E-state index contributed by atoms with van der Waals surface area (Å²) < 4.78 is 5.67. The number of hydrogen-bond acceptors (Lipinski definition) is 2. The summed E-state index contributed by atoms with van der Waals surface area (Å²) in [6, 6.07) is 0. The van der Waals surface area contributed by atoms with Crippen LogP contribution in [-0.2, 0) is 9.53 Å². The van der Waals surface area contributed by atoms with Crippen molar-refractivity contribution < 1.29 is 14.6 Å². The van der Waals surface area contributed by atoms with Crippen molar-refractivity contribution in [2.75, 3.05) is 0 Å². The fourth-order valence-electron chi connectivity index (χ4n) is 1.99. The van der Waals surface area contributed by atoms with Crippen LogP contribution < -0.4 is 0 Å². The molecular formula is C11H20O3. The largest absolute Gasteiger partial charge is 0.481 e. The van der Waals surface area contributed by atoms with E-state index in [1.54, 1.807) is 0 Å². The van der Waals surface area contributed by atoms with Gasteiger partial charge in [-0.1, -0.05) is 6.92 Å². The SMILES string of the molecule is CC1CCC(O[C@H](C)CC(=O)O)CC1. The zero-order valence-corrected chi connectivity index (χ0v) is 9.03. The summed E-state index contributed by atoms with van der Waals surface area (Å²) in [4.78, 5) is 10.4. The molecule has 0 spiro atoms. The third-order valence-electron chi connectivity index (χ3n) is 2.85. The van der Waals surface area contributed by atoms with E-state index in [0.29, 0.717) is 6.10 Å². The van der Waals surface area contributed by atoms with Gasteiger partial charge in [0.25, 0.3) is 0 Å². The summed E-state index contributed by atoms with van der Waals surface area (Å²) >= 11 is 0. The van der Waals surface area contributed by atoms with E-state index in [1.807, 2.05) is 6.92 Å². The highest BCUT2D eigenvalue weighted by atomic mass is 16.5. The lowest BCUT2D eigenvalue weighted by Gasteiger charge is -2.28. The molecule has 1 aliphatic rings. The van der Waals surface area contributed by atoms with E-state index in [0.717, 1.165) is 18.8 Å². The number of carboxylic acid groups (broad SMARTS) is 1. The molecule has 3 heteroatoms. The number of carboxylic acids is 1. The zero-order valence-electron chi connectivity index (χ0n) is 9.03. The van der Waals surface area contributed by atoms with Gasteiger partial charge < -0.3 is 9.84 Å². The Balaban J connectivity index is 2.20. The van der Waals surface area contributed by atoms with Crippen molar-refractivity contribution in [3.8, 4) is 0 Å². The summed E-state index contributed by atoms with van der Waals surface area (Å²) in [7, 11) is 0. The van der Waals surface area contributed by atoms with Gasteiger partial charge in [-0.2, -0.15) is 0 Å². The van der Waals surface area contributed by atoms with Crippen LogP contribution >= 0.6 is 0 Å². The molecule has 0 amide bonds. The molecule has 0 aromatic heterocycles.